The molecule has 1 aromatic heterocycles. The van der Waals surface area contributed by atoms with Gasteiger partial charge in [-0.3, -0.25) is 0 Å². The van der Waals surface area contributed by atoms with Crippen molar-refractivity contribution in [2.24, 2.45) is 0 Å². The van der Waals surface area contributed by atoms with Gasteiger partial charge < -0.3 is 14.7 Å². The topological polar surface area (TPSA) is 58.5 Å². The number of para-hydroxylation sites is 1. The lowest BCUT2D eigenvalue weighted by Crippen LogP contribution is -2.32. The molecule has 1 aliphatic rings. The fourth-order valence-corrected chi connectivity index (χ4v) is 3.08. The molecule has 24 heavy (non-hydrogen) atoms. The van der Waals surface area contributed by atoms with Gasteiger partial charge in [-0.1, -0.05) is 25.1 Å². The number of aromatic hydroxyl groups is 1. The van der Waals surface area contributed by atoms with Crippen molar-refractivity contribution in [2.45, 2.75) is 45.8 Å². The molecule has 2 heterocycles. The molecule has 3 rings (SSSR count). The average molecular weight is 327 g/mol. The van der Waals surface area contributed by atoms with Crippen LogP contribution in [-0.2, 0) is 17.7 Å². The molecule has 0 radical (unpaired) electrons. The van der Waals surface area contributed by atoms with Crippen LogP contribution in [0.1, 0.15) is 36.8 Å². The predicted molar refractivity (Wildman–Crippen MR) is 94.3 cm³/mol. The van der Waals surface area contributed by atoms with E-state index in [4.69, 9.17) is 4.74 Å². The third kappa shape index (κ3) is 4.03. The van der Waals surface area contributed by atoms with Crippen molar-refractivity contribution in [1.29, 1.82) is 0 Å². The molecule has 1 N–H and O–H groups in total. The standard InChI is InChI=1S/C19H25N3O2/c1-3-16-11-19(21-14(2)20-16)22(13-17-8-6-10-24-17)12-15-7-4-5-9-18(15)23/h4-5,7,9,11,17,23H,3,6,8,10,12-13H2,1-2H3. The van der Waals surface area contributed by atoms with E-state index in [0.717, 1.165) is 55.3 Å². The van der Waals surface area contributed by atoms with E-state index in [1.807, 2.05) is 31.2 Å². The molecule has 1 unspecified atom stereocenters. The van der Waals surface area contributed by atoms with Gasteiger partial charge in [-0.2, -0.15) is 0 Å². The Morgan fingerprint density at radius 3 is 2.83 bits per heavy atom. The van der Waals surface area contributed by atoms with Crippen molar-refractivity contribution in [3.63, 3.8) is 0 Å². The molecule has 1 aromatic carbocycles. The van der Waals surface area contributed by atoms with Gasteiger partial charge in [0, 0.05) is 37.0 Å². The smallest absolute Gasteiger partial charge is 0.132 e. The van der Waals surface area contributed by atoms with Crippen LogP contribution in [0.3, 0.4) is 0 Å². The highest BCUT2D eigenvalue weighted by Gasteiger charge is 2.21. The Morgan fingerprint density at radius 1 is 1.29 bits per heavy atom. The van der Waals surface area contributed by atoms with Crippen molar-refractivity contribution in [3.05, 3.63) is 47.4 Å². The zero-order valence-corrected chi connectivity index (χ0v) is 14.4. The first kappa shape index (κ1) is 16.7. The van der Waals surface area contributed by atoms with E-state index in [9.17, 15) is 5.11 Å². The van der Waals surface area contributed by atoms with E-state index in [1.54, 1.807) is 6.07 Å². The van der Waals surface area contributed by atoms with Crippen LogP contribution in [0.25, 0.3) is 0 Å². The minimum absolute atomic E-state index is 0.219. The van der Waals surface area contributed by atoms with Crippen molar-refractivity contribution in [2.75, 3.05) is 18.1 Å². The fraction of sp³-hybridized carbons (Fsp3) is 0.474. The Labute approximate surface area is 143 Å². The number of ether oxygens (including phenoxy) is 1. The van der Waals surface area contributed by atoms with E-state index in [2.05, 4.69) is 21.8 Å². The zero-order valence-electron chi connectivity index (χ0n) is 14.4. The summed E-state index contributed by atoms with van der Waals surface area (Å²) in [5.74, 6) is 1.99. The number of rotatable bonds is 6. The number of phenols is 1. The highest BCUT2D eigenvalue weighted by atomic mass is 16.5. The van der Waals surface area contributed by atoms with Crippen LogP contribution in [0, 0.1) is 6.92 Å². The Balaban J connectivity index is 1.89. The first-order chi connectivity index (χ1) is 11.7. The maximum Gasteiger partial charge on any atom is 0.132 e. The summed E-state index contributed by atoms with van der Waals surface area (Å²) in [5.41, 5.74) is 1.93. The molecular formula is C19H25N3O2. The lowest BCUT2D eigenvalue weighted by atomic mass is 10.1. The second kappa shape index (κ2) is 7.62. The summed E-state index contributed by atoms with van der Waals surface area (Å²) >= 11 is 0. The first-order valence-electron chi connectivity index (χ1n) is 8.63. The summed E-state index contributed by atoms with van der Waals surface area (Å²) < 4.78 is 5.81. The number of nitrogens with zero attached hydrogens (tertiary/aromatic N) is 3. The van der Waals surface area contributed by atoms with Crippen molar-refractivity contribution >= 4 is 5.82 Å². The molecular weight excluding hydrogens is 302 g/mol. The van der Waals surface area contributed by atoms with Crippen LogP contribution in [0.4, 0.5) is 5.82 Å². The first-order valence-corrected chi connectivity index (χ1v) is 8.63. The second-order valence-electron chi connectivity index (χ2n) is 6.26. The summed E-state index contributed by atoms with van der Waals surface area (Å²) in [6.45, 7) is 6.23. The van der Waals surface area contributed by atoms with Gasteiger partial charge in [0.1, 0.15) is 17.4 Å². The van der Waals surface area contributed by atoms with Crippen LogP contribution < -0.4 is 4.90 Å². The number of hydrogen-bond acceptors (Lipinski definition) is 5. The van der Waals surface area contributed by atoms with Crippen molar-refractivity contribution in [3.8, 4) is 5.75 Å². The molecule has 1 fully saturated rings. The monoisotopic (exact) mass is 327 g/mol. The van der Waals surface area contributed by atoms with Gasteiger partial charge in [-0.25, -0.2) is 9.97 Å². The molecule has 1 saturated heterocycles. The van der Waals surface area contributed by atoms with Gasteiger partial charge in [0.05, 0.1) is 6.10 Å². The minimum Gasteiger partial charge on any atom is -0.508 e. The number of aryl methyl sites for hydroxylation is 2. The fourth-order valence-electron chi connectivity index (χ4n) is 3.08. The van der Waals surface area contributed by atoms with Gasteiger partial charge in [-0.15, -0.1) is 0 Å². The predicted octanol–water partition coefficient (Wildman–Crippen LogP) is 3.24. The van der Waals surface area contributed by atoms with Gasteiger partial charge in [0.25, 0.3) is 0 Å². The van der Waals surface area contributed by atoms with Gasteiger partial charge in [-0.05, 0) is 32.3 Å². The van der Waals surface area contributed by atoms with Crippen LogP contribution in [0.15, 0.2) is 30.3 Å². The number of aromatic nitrogens is 2. The lowest BCUT2D eigenvalue weighted by Gasteiger charge is -2.27. The van der Waals surface area contributed by atoms with Crippen LogP contribution in [0.2, 0.25) is 0 Å². The van der Waals surface area contributed by atoms with Gasteiger partial charge in [0.2, 0.25) is 0 Å². The highest BCUT2D eigenvalue weighted by Crippen LogP contribution is 2.24. The second-order valence-corrected chi connectivity index (χ2v) is 6.26. The third-order valence-corrected chi connectivity index (χ3v) is 4.36. The Bertz CT molecular complexity index is 684. The Kier molecular flexibility index (Phi) is 5.30. The summed E-state index contributed by atoms with van der Waals surface area (Å²) in [4.78, 5) is 11.3. The van der Waals surface area contributed by atoms with Crippen LogP contribution in [0.5, 0.6) is 5.75 Å². The molecule has 0 amide bonds. The Hall–Kier alpha value is -2.14. The summed E-state index contributed by atoms with van der Waals surface area (Å²) in [6.07, 6.45) is 3.28. The number of anilines is 1. The molecule has 1 atom stereocenters. The van der Waals surface area contributed by atoms with E-state index in [0.29, 0.717) is 12.3 Å². The zero-order chi connectivity index (χ0) is 16.9. The number of phenolic OH excluding ortho intramolecular Hbond substituents is 1. The number of hydrogen-bond donors (Lipinski definition) is 1. The molecule has 1 aliphatic heterocycles. The van der Waals surface area contributed by atoms with Gasteiger partial charge in [0.15, 0.2) is 0 Å². The Morgan fingerprint density at radius 2 is 2.12 bits per heavy atom. The summed E-state index contributed by atoms with van der Waals surface area (Å²) in [5, 5.41) is 10.1. The molecule has 0 saturated carbocycles. The highest BCUT2D eigenvalue weighted by molar-refractivity contribution is 5.43. The molecule has 0 spiro atoms. The lowest BCUT2D eigenvalue weighted by molar-refractivity contribution is 0.115. The van der Waals surface area contributed by atoms with Gasteiger partial charge >= 0.3 is 0 Å². The molecule has 5 heteroatoms. The minimum atomic E-state index is 0.219. The SMILES string of the molecule is CCc1cc(N(Cc2ccccc2O)CC2CCCO2)nc(C)n1. The van der Waals surface area contributed by atoms with Crippen molar-refractivity contribution in [1.82, 2.24) is 9.97 Å². The van der Waals surface area contributed by atoms with E-state index >= 15 is 0 Å². The normalized spacial score (nSPS) is 17.2. The largest absolute Gasteiger partial charge is 0.508 e. The van der Waals surface area contributed by atoms with E-state index in [1.165, 1.54) is 0 Å². The summed E-state index contributed by atoms with van der Waals surface area (Å²) in [7, 11) is 0. The maximum atomic E-state index is 10.1. The maximum absolute atomic E-state index is 10.1. The molecule has 0 bridgehead atoms. The van der Waals surface area contributed by atoms with Crippen LogP contribution >= 0.6 is 0 Å². The molecule has 128 valence electrons. The molecule has 5 nitrogen and oxygen atoms in total. The number of benzene rings is 1. The third-order valence-electron chi connectivity index (χ3n) is 4.36. The van der Waals surface area contributed by atoms with E-state index in [-0.39, 0.29) is 6.10 Å². The summed E-state index contributed by atoms with van der Waals surface area (Å²) in [6, 6.07) is 9.51. The van der Waals surface area contributed by atoms with Crippen molar-refractivity contribution < 1.29 is 9.84 Å². The molecule has 0 aliphatic carbocycles. The molecule has 2 aromatic rings. The average Bonchev–Trinajstić information content (AvgIpc) is 3.08. The quantitative estimate of drug-likeness (QED) is 0.882. The van der Waals surface area contributed by atoms with Crippen LogP contribution in [-0.4, -0.2) is 34.3 Å². The van der Waals surface area contributed by atoms with E-state index < -0.39 is 0 Å².